The SMILES string of the molecule is CCCCOC1CN(c2ncc(-c3c#ccc(COC(=O)NC(=N)N)c3F)cc2F)C1. The van der Waals surface area contributed by atoms with Gasteiger partial charge in [-0.1, -0.05) is 25.5 Å². The maximum absolute atomic E-state index is 14.8. The summed E-state index contributed by atoms with van der Waals surface area (Å²) in [5.41, 5.74) is 5.16. The monoisotopic (exact) mass is 431 g/mol. The molecular formula is C21H23F2N5O3. The Morgan fingerprint density at radius 3 is 2.90 bits per heavy atom. The van der Waals surface area contributed by atoms with Crippen molar-refractivity contribution >= 4 is 17.9 Å². The van der Waals surface area contributed by atoms with Gasteiger partial charge in [0.2, 0.25) is 0 Å². The van der Waals surface area contributed by atoms with E-state index in [-0.39, 0.29) is 28.6 Å². The molecule has 1 aliphatic rings. The summed E-state index contributed by atoms with van der Waals surface area (Å²) in [5, 5.41) is 8.88. The number of halogens is 2. The quantitative estimate of drug-likeness (QED) is 0.337. The molecule has 8 nitrogen and oxygen atoms in total. The normalized spacial score (nSPS) is 13.3. The number of hydrogen-bond donors (Lipinski definition) is 3. The molecule has 2 heterocycles. The van der Waals surface area contributed by atoms with Crippen molar-refractivity contribution in [2.24, 2.45) is 5.73 Å². The third-order valence-electron chi connectivity index (χ3n) is 4.65. The van der Waals surface area contributed by atoms with Gasteiger partial charge in [0.15, 0.2) is 17.6 Å². The number of pyridine rings is 1. The zero-order valence-electron chi connectivity index (χ0n) is 17.0. The van der Waals surface area contributed by atoms with Crippen molar-refractivity contribution in [2.45, 2.75) is 32.5 Å². The van der Waals surface area contributed by atoms with Crippen LogP contribution in [0.4, 0.5) is 19.4 Å². The predicted molar refractivity (Wildman–Crippen MR) is 109 cm³/mol. The maximum Gasteiger partial charge on any atom is 0.414 e. The highest BCUT2D eigenvalue weighted by Gasteiger charge is 2.30. The number of ether oxygens (including phenoxy) is 2. The van der Waals surface area contributed by atoms with Crippen LogP contribution in [0.5, 0.6) is 0 Å². The molecule has 1 aliphatic heterocycles. The highest BCUT2D eigenvalue weighted by molar-refractivity contribution is 5.90. The number of unbranched alkanes of at least 4 members (excludes halogenated alkanes) is 1. The van der Waals surface area contributed by atoms with E-state index in [2.05, 4.69) is 24.0 Å². The van der Waals surface area contributed by atoms with Crippen molar-refractivity contribution in [1.82, 2.24) is 10.3 Å². The van der Waals surface area contributed by atoms with Gasteiger partial charge in [0, 0.05) is 37.0 Å². The third-order valence-corrected chi connectivity index (χ3v) is 4.65. The van der Waals surface area contributed by atoms with Crippen LogP contribution in [0.25, 0.3) is 11.1 Å². The van der Waals surface area contributed by atoms with Gasteiger partial charge < -0.3 is 20.1 Å². The maximum atomic E-state index is 14.8. The molecule has 31 heavy (non-hydrogen) atoms. The van der Waals surface area contributed by atoms with Gasteiger partial charge in [-0.3, -0.25) is 10.7 Å². The predicted octanol–water partition coefficient (Wildman–Crippen LogP) is 2.75. The largest absolute Gasteiger partial charge is 0.444 e. The smallest absolute Gasteiger partial charge is 0.414 e. The lowest BCUT2D eigenvalue weighted by atomic mass is 10.1. The number of carbonyl (C=O) groups is 1. The number of nitrogens with two attached hydrogens (primary N) is 1. The van der Waals surface area contributed by atoms with Crippen LogP contribution in [0.1, 0.15) is 25.3 Å². The minimum Gasteiger partial charge on any atom is -0.444 e. The van der Waals surface area contributed by atoms with Crippen molar-refractivity contribution in [1.29, 1.82) is 5.41 Å². The van der Waals surface area contributed by atoms with Gasteiger partial charge in [0.05, 0.1) is 11.7 Å². The highest BCUT2D eigenvalue weighted by atomic mass is 19.1. The molecule has 1 fully saturated rings. The van der Waals surface area contributed by atoms with E-state index in [4.69, 9.17) is 20.6 Å². The average Bonchev–Trinajstić information content (AvgIpc) is 2.69. The molecule has 0 saturated carbocycles. The first-order valence-corrected chi connectivity index (χ1v) is 9.80. The number of guanidine groups is 1. The Labute approximate surface area is 178 Å². The fraction of sp³-hybridized carbons (Fsp3) is 0.381. The topological polar surface area (TPSA) is 114 Å². The van der Waals surface area contributed by atoms with Crippen LogP contribution in [0.3, 0.4) is 0 Å². The van der Waals surface area contributed by atoms with Crippen LogP contribution in [0, 0.1) is 29.2 Å². The number of alkyl carbamates (subject to hydrolysis) is 1. The second kappa shape index (κ2) is 10.0. The first-order chi connectivity index (χ1) is 14.9. The molecule has 1 saturated heterocycles. The minimum atomic E-state index is -0.995. The van der Waals surface area contributed by atoms with Crippen molar-refractivity contribution in [3.63, 3.8) is 0 Å². The van der Waals surface area contributed by atoms with Gasteiger partial charge in [-0.2, -0.15) is 0 Å². The van der Waals surface area contributed by atoms with Gasteiger partial charge in [-0.05, 0) is 18.6 Å². The standard InChI is InChI=1S/C21H23F2N5O3/c1-2-3-7-30-15-10-28(11-15)19-17(22)8-14(9-26-19)16-6-4-5-13(18(16)23)12-31-21(29)27-20(24)25/h5,8-9,15H,2-3,7,10-12H2,1H3,(H4,24,25,27,29). The van der Waals surface area contributed by atoms with Crippen LogP contribution in [-0.2, 0) is 16.1 Å². The fourth-order valence-corrected chi connectivity index (χ4v) is 2.98. The Bertz CT molecular complexity index is 951. The van der Waals surface area contributed by atoms with Crippen LogP contribution >= 0.6 is 0 Å². The molecule has 1 aromatic carbocycles. The summed E-state index contributed by atoms with van der Waals surface area (Å²) in [7, 11) is 0. The second-order valence-corrected chi connectivity index (χ2v) is 7.02. The fourth-order valence-electron chi connectivity index (χ4n) is 2.98. The van der Waals surface area contributed by atoms with Gasteiger partial charge in [0.25, 0.3) is 0 Å². The first kappa shape index (κ1) is 22.2. The number of aromatic nitrogens is 1. The van der Waals surface area contributed by atoms with E-state index >= 15 is 0 Å². The van der Waals surface area contributed by atoms with E-state index in [0.29, 0.717) is 19.7 Å². The Morgan fingerprint density at radius 1 is 1.45 bits per heavy atom. The Morgan fingerprint density at radius 2 is 2.23 bits per heavy atom. The molecule has 0 atom stereocenters. The van der Waals surface area contributed by atoms with E-state index in [0.717, 1.165) is 12.8 Å². The molecule has 0 unspecified atom stereocenters. The van der Waals surface area contributed by atoms with Crippen LogP contribution in [0.2, 0.25) is 0 Å². The van der Waals surface area contributed by atoms with Crippen molar-refractivity contribution < 1.29 is 23.0 Å². The number of amides is 1. The molecular weight excluding hydrogens is 408 g/mol. The number of anilines is 1. The molecule has 1 aromatic heterocycles. The van der Waals surface area contributed by atoms with E-state index in [1.54, 1.807) is 4.90 Å². The van der Waals surface area contributed by atoms with Gasteiger partial charge in [-0.15, -0.1) is 0 Å². The lowest BCUT2D eigenvalue weighted by Crippen LogP contribution is -2.53. The van der Waals surface area contributed by atoms with Crippen LogP contribution < -0.4 is 16.0 Å². The van der Waals surface area contributed by atoms with Crippen molar-refractivity contribution in [3.8, 4) is 11.1 Å². The Balaban J connectivity index is 1.66. The van der Waals surface area contributed by atoms with Gasteiger partial charge >= 0.3 is 6.09 Å². The van der Waals surface area contributed by atoms with Crippen molar-refractivity contribution in [3.05, 3.63) is 47.7 Å². The molecule has 4 N–H and O–H groups in total. The summed E-state index contributed by atoms with van der Waals surface area (Å²) in [4.78, 5) is 17.3. The molecule has 1 amide bonds. The minimum absolute atomic E-state index is 0.00625. The van der Waals surface area contributed by atoms with E-state index in [1.807, 2.05) is 5.32 Å². The lowest BCUT2D eigenvalue weighted by Gasteiger charge is -2.39. The third kappa shape index (κ3) is 5.58. The molecule has 0 bridgehead atoms. The first-order valence-electron chi connectivity index (χ1n) is 9.80. The molecule has 164 valence electrons. The van der Waals surface area contributed by atoms with E-state index in [9.17, 15) is 13.6 Å². The van der Waals surface area contributed by atoms with Crippen LogP contribution in [0.15, 0.2) is 18.3 Å². The number of nitrogens with one attached hydrogen (secondary N) is 2. The van der Waals surface area contributed by atoms with Gasteiger partial charge in [-0.25, -0.2) is 18.6 Å². The average molecular weight is 431 g/mol. The molecule has 10 heteroatoms. The number of hydrogen-bond acceptors (Lipinski definition) is 6. The van der Waals surface area contributed by atoms with Crippen molar-refractivity contribution in [2.75, 3.05) is 24.6 Å². The molecule has 0 radical (unpaired) electrons. The molecule has 3 rings (SSSR count). The number of carbonyl (C=O) groups excluding carboxylic acids is 1. The number of nitrogens with zero attached hydrogens (tertiary/aromatic N) is 2. The van der Waals surface area contributed by atoms with Crippen LogP contribution in [-0.4, -0.2) is 42.8 Å². The van der Waals surface area contributed by atoms with Gasteiger partial charge in [0.1, 0.15) is 12.4 Å². The summed E-state index contributed by atoms with van der Waals surface area (Å²) >= 11 is 0. The molecule has 2 aromatic rings. The Kier molecular flexibility index (Phi) is 7.20. The Hall–Kier alpha value is -3.45. The highest BCUT2D eigenvalue weighted by Crippen LogP contribution is 2.29. The molecule has 0 spiro atoms. The summed E-state index contributed by atoms with van der Waals surface area (Å²) in [6.07, 6.45) is 2.47. The molecule has 0 aliphatic carbocycles. The van der Waals surface area contributed by atoms with E-state index in [1.165, 1.54) is 18.3 Å². The zero-order chi connectivity index (χ0) is 22.4. The summed E-state index contributed by atoms with van der Waals surface area (Å²) in [6.45, 7) is 3.45. The number of rotatable bonds is 8. The lowest BCUT2D eigenvalue weighted by molar-refractivity contribution is 0.0321. The summed E-state index contributed by atoms with van der Waals surface area (Å²) in [6, 6.07) is 7.67. The summed E-state index contributed by atoms with van der Waals surface area (Å²) < 4.78 is 40.0. The summed E-state index contributed by atoms with van der Waals surface area (Å²) in [5.74, 6) is -1.73. The zero-order valence-corrected chi connectivity index (χ0v) is 17.0. The van der Waals surface area contributed by atoms with E-state index < -0.39 is 30.3 Å². The second-order valence-electron chi connectivity index (χ2n) is 7.02.